The van der Waals surface area contributed by atoms with Gasteiger partial charge in [0.15, 0.2) is 6.61 Å². The highest BCUT2D eigenvalue weighted by atomic mass is 16.5. The quantitative estimate of drug-likeness (QED) is 0.538. The Kier molecular flexibility index (Phi) is 7.04. The summed E-state index contributed by atoms with van der Waals surface area (Å²) in [6, 6.07) is 16.2. The second kappa shape index (κ2) is 10.7. The summed E-state index contributed by atoms with van der Waals surface area (Å²) in [6.07, 6.45) is 2.66. The van der Waals surface area contributed by atoms with Gasteiger partial charge in [0.2, 0.25) is 11.7 Å². The number of hydrogen-bond donors (Lipinski definition) is 0. The van der Waals surface area contributed by atoms with Gasteiger partial charge < -0.3 is 23.8 Å². The van der Waals surface area contributed by atoms with Crippen LogP contribution in [0.3, 0.4) is 0 Å². The summed E-state index contributed by atoms with van der Waals surface area (Å²) < 4.78 is 16.6. The number of carbonyl (C=O) groups excluding carboxylic acids is 2. The molecule has 2 aliphatic rings. The number of nitrogens with zero attached hydrogens (tertiary/aromatic N) is 4. The zero-order valence-corrected chi connectivity index (χ0v) is 19.5. The number of para-hydroxylation sites is 1. The topological polar surface area (TPSA) is 98.0 Å². The molecule has 3 aromatic rings. The zero-order valence-electron chi connectivity index (χ0n) is 19.5. The highest BCUT2D eigenvalue weighted by Gasteiger charge is 2.32. The van der Waals surface area contributed by atoms with Crippen LogP contribution in [0.15, 0.2) is 59.1 Å². The second-order valence-electron chi connectivity index (χ2n) is 8.64. The van der Waals surface area contributed by atoms with E-state index in [1.165, 1.54) is 0 Å². The minimum absolute atomic E-state index is 0.0114. The van der Waals surface area contributed by atoms with Crippen molar-refractivity contribution in [3.05, 3.63) is 66.1 Å². The number of aromatic nitrogens is 2. The number of benzene rings is 2. The Bertz CT molecular complexity index is 1140. The average molecular weight is 477 g/mol. The Labute approximate surface area is 203 Å². The number of rotatable bonds is 6. The maximum atomic E-state index is 12.9. The predicted octanol–water partition coefficient (Wildman–Crippen LogP) is 3.34. The molecule has 0 saturated carbocycles. The molecule has 0 N–H and O–H groups in total. The van der Waals surface area contributed by atoms with E-state index >= 15 is 0 Å². The number of carbonyl (C=O) groups is 2. The monoisotopic (exact) mass is 476 g/mol. The maximum Gasteiger partial charge on any atom is 0.261 e. The van der Waals surface area contributed by atoms with Gasteiger partial charge in [-0.15, -0.1) is 0 Å². The smallest absolute Gasteiger partial charge is 0.261 e. The molecule has 2 fully saturated rings. The van der Waals surface area contributed by atoms with Gasteiger partial charge in [0.1, 0.15) is 11.8 Å². The van der Waals surface area contributed by atoms with Crippen molar-refractivity contribution in [1.29, 1.82) is 0 Å². The number of hydrogen-bond acceptors (Lipinski definition) is 7. The molecule has 0 radical (unpaired) electrons. The van der Waals surface area contributed by atoms with Crippen molar-refractivity contribution in [2.75, 3.05) is 39.5 Å². The molecule has 2 amide bonds. The molecule has 2 aromatic carbocycles. The third kappa shape index (κ3) is 5.35. The van der Waals surface area contributed by atoms with Crippen molar-refractivity contribution in [2.24, 2.45) is 0 Å². The Morgan fingerprint density at radius 3 is 2.51 bits per heavy atom. The molecule has 9 nitrogen and oxygen atoms in total. The van der Waals surface area contributed by atoms with E-state index in [0.29, 0.717) is 55.9 Å². The number of likely N-dealkylation sites (tertiary alicyclic amines) is 1. The van der Waals surface area contributed by atoms with Crippen LogP contribution in [0.2, 0.25) is 0 Å². The summed E-state index contributed by atoms with van der Waals surface area (Å²) in [4.78, 5) is 33.8. The van der Waals surface area contributed by atoms with Gasteiger partial charge in [0.05, 0.1) is 13.2 Å². The molecule has 1 atom stereocenters. The summed E-state index contributed by atoms with van der Waals surface area (Å²) in [7, 11) is 0. The maximum absolute atomic E-state index is 12.9. The lowest BCUT2D eigenvalue weighted by molar-refractivity contribution is -0.138. The van der Waals surface area contributed by atoms with Crippen LogP contribution in [0.4, 0.5) is 0 Å². The number of ether oxygens (including phenoxy) is 2. The van der Waals surface area contributed by atoms with E-state index in [4.69, 9.17) is 14.0 Å². The van der Waals surface area contributed by atoms with E-state index in [-0.39, 0.29) is 24.5 Å². The number of piperidine rings is 1. The van der Waals surface area contributed by atoms with E-state index in [9.17, 15) is 9.59 Å². The van der Waals surface area contributed by atoms with Gasteiger partial charge in [-0.2, -0.15) is 4.98 Å². The first-order valence-electron chi connectivity index (χ1n) is 12.0. The first-order valence-corrected chi connectivity index (χ1v) is 12.0. The Morgan fingerprint density at radius 1 is 0.971 bits per heavy atom. The molecular formula is C26H28N4O5. The van der Waals surface area contributed by atoms with E-state index < -0.39 is 0 Å². The third-order valence-corrected chi connectivity index (χ3v) is 6.34. The lowest BCUT2D eigenvalue weighted by atomic mass is 10.0. The minimum Gasteiger partial charge on any atom is -0.484 e. The molecule has 5 rings (SSSR count). The summed E-state index contributed by atoms with van der Waals surface area (Å²) in [5.41, 5.74) is 1.36. The first kappa shape index (κ1) is 23.0. The highest BCUT2D eigenvalue weighted by molar-refractivity contribution is 5.94. The van der Waals surface area contributed by atoms with Crippen molar-refractivity contribution in [1.82, 2.24) is 19.9 Å². The summed E-state index contributed by atoms with van der Waals surface area (Å²) >= 11 is 0. The van der Waals surface area contributed by atoms with Crippen molar-refractivity contribution >= 4 is 11.8 Å². The third-order valence-electron chi connectivity index (χ3n) is 6.34. The van der Waals surface area contributed by atoms with Gasteiger partial charge in [-0.1, -0.05) is 35.5 Å². The standard InChI is InChI=1S/C26H28N4O5/c31-23(18-34-21-6-2-1-3-7-21)30-13-5-4-8-22(30)25-27-24(28-35-25)19-9-11-20(12-10-19)26(32)29-14-16-33-17-15-29/h1-3,6-7,9-12,22H,4-5,8,13-18H2. The Balaban J connectivity index is 1.25. The lowest BCUT2D eigenvalue weighted by Gasteiger charge is -2.33. The predicted molar refractivity (Wildman–Crippen MR) is 127 cm³/mol. The molecule has 2 saturated heterocycles. The number of morpholine rings is 1. The zero-order chi connectivity index (χ0) is 24.0. The molecule has 3 heterocycles. The molecule has 0 spiro atoms. The van der Waals surface area contributed by atoms with Crippen molar-refractivity contribution in [3.63, 3.8) is 0 Å². The molecule has 1 aromatic heterocycles. The fourth-order valence-corrected chi connectivity index (χ4v) is 4.43. The molecule has 9 heteroatoms. The Hall–Kier alpha value is -3.72. The highest BCUT2D eigenvalue weighted by Crippen LogP contribution is 2.31. The van der Waals surface area contributed by atoms with E-state index in [1.54, 1.807) is 21.9 Å². The van der Waals surface area contributed by atoms with Gasteiger partial charge in [-0.25, -0.2) is 0 Å². The molecule has 2 aliphatic heterocycles. The lowest BCUT2D eigenvalue weighted by Crippen LogP contribution is -2.41. The van der Waals surface area contributed by atoms with Crippen LogP contribution in [0.5, 0.6) is 5.75 Å². The van der Waals surface area contributed by atoms with Crippen LogP contribution in [0.25, 0.3) is 11.4 Å². The van der Waals surface area contributed by atoms with Gasteiger partial charge in [0.25, 0.3) is 11.8 Å². The second-order valence-corrected chi connectivity index (χ2v) is 8.64. The minimum atomic E-state index is -0.279. The summed E-state index contributed by atoms with van der Waals surface area (Å²) in [5, 5.41) is 4.15. The summed E-state index contributed by atoms with van der Waals surface area (Å²) in [6.45, 7) is 2.91. The first-order chi connectivity index (χ1) is 17.2. The van der Waals surface area contributed by atoms with E-state index in [1.807, 2.05) is 42.5 Å². The van der Waals surface area contributed by atoms with Crippen LogP contribution in [0.1, 0.15) is 41.6 Å². The Morgan fingerprint density at radius 2 is 1.74 bits per heavy atom. The molecule has 0 aliphatic carbocycles. The average Bonchev–Trinajstić information content (AvgIpc) is 3.43. The van der Waals surface area contributed by atoms with E-state index in [2.05, 4.69) is 10.1 Å². The SMILES string of the molecule is O=C(c1ccc(-c2noc(C3CCCCN3C(=O)COc3ccccc3)n2)cc1)N1CCOCC1. The van der Waals surface area contributed by atoms with Gasteiger partial charge in [-0.05, 0) is 43.5 Å². The molecular weight excluding hydrogens is 448 g/mol. The molecule has 35 heavy (non-hydrogen) atoms. The van der Waals surface area contributed by atoms with Crippen molar-refractivity contribution in [2.45, 2.75) is 25.3 Å². The van der Waals surface area contributed by atoms with Crippen LogP contribution < -0.4 is 4.74 Å². The van der Waals surface area contributed by atoms with Gasteiger partial charge >= 0.3 is 0 Å². The molecule has 0 bridgehead atoms. The van der Waals surface area contributed by atoms with Crippen LogP contribution >= 0.6 is 0 Å². The van der Waals surface area contributed by atoms with Gasteiger partial charge in [-0.3, -0.25) is 9.59 Å². The normalized spacial score (nSPS) is 18.3. The van der Waals surface area contributed by atoms with Crippen molar-refractivity contribution in [3.8, 4) is 17.1 Å². The van der Waals surface area contributed by atoms with Crippen LogP contribution in [-0.2, 0) is 9.53 Å². The van der Waals surface area contributed by atoms with Crippen molar-refractivity contribution < 1.29 is 23.6 Å². The molecule has 182 valence electrons. The number of amides is 2. The molecule has 1 unspecified atom stereocenters. The van der Waals surface area contributed by atoms with Crippen LogP contribution in [-0.4, -0.2) is 71.2 Å². The summed E-state index contributed by atoms with van der Waals surface area (Å²) in [5.74, 6) is 1.39. The van der Waals surface area contributed by atoms with E-state index in [0.717, 1.165) is 24.8 Å². The van der Waals surface area contributed by atoms with Crippen LogP contribution in [0, 0.1) is 0 Å². The fraction of sp³-hybridized carbons (Fsp3) is 0.385. The van der Waals surface area contributed by atoms with Gasteiger partial charge in [0, 0.05) is 30.8 Å². The fourth-order valence-electron chi connectivity index (χ4n) is 4.43. The largest absolute Gasteiger partial charge is 0.484 e.